The monoisotopic (exact) mass is 288 g/mol. The van der Waals surface area contributed by atoms with Crippen LogP contribution in [0.2, 0.25) is 0 Å². The van der Waals surface area contributed by atoms with Crippen molar-refractivity contribution in [1.29, 1.82) is 0 Å². The number of ether oxygens (including phenoxy) is 1. The normalized spacial score (nSPS) is 12.5. The maximum atomic E-state index is 8.98. The van der Waals surface area contributed by atoms with Gasteiger partial charge in [0, 0.05) is 18.5 Å². The molecule has 0 aliphatic rings. The molecule has 4 heteroatoms. The molecule has 4 nitrogen and oxygen atoms in total. The van der Waals surface area contributed by atoms with Gasteiger partial charge in [-0.3, -0.25) is 0 Å². The first-order valence-corrected chi connectivity index (χ1v) is 7.49. The fourth-order valence-corrected chi connectivity index (χ4v) is 2.31. The molecule has 0 aliphatic heterocycles. The predicted molar refractivity (Wildman–Crippen MR) is 85.5 cm³/mol. The molecule has 0 saturated heterocycles. The average molecular weight is 288 g/mol. The maximum Gasteiger partial charge on any atom is 0.145 e. The van der Waals surface area contributed by atoms with Gasteiger partial charge in [-0.25, -0.2) is 4.98 Å². The van der Waals surface area contributed by atoms with Crippen molar-refractivity contribution in [2.75, 3.05) is 20.3 Å². The summed E-state index contributed by atoms with van der Waals surface area (Å²) in [6, 6.07) is 10.1. The second kappa shape index (κ2) is 7.96. The van der Waals surface area contributed by atoms with Crippen molar-refractivity contribution in [3.05, 3.63) is 36.0 Å². The lowest BCUT2D eigenvalue weighted by Gasteiger charge is -2.09. The first kappa shape index (κ1) is 15.7. The van der Waals surface area contributed by atoms with Gasteiger partial charge in [-0.2, -0.15) is 0 Å². The van der Waals surface area contributed by atoms with Crippen molar-refractivity contribution < 1.29 is 9.84 Å². The van der Waals surface area contributed by atoms with E-state index >= 15 is 0 Å². The third-order valence-corrected chi connectivity index (χ3v) is 3.63. The van der Waals surface area contributed by atoms with E-state index in [1.807, 2.05) is 24.3 Å². The van der Waals surface area contributed by atoms with Crippen molar-refractivity contribution >= 4 is 10.9 Å². The van der Waals surface area contributed by atoms with Crippen LogP contribution in [0.3, 0.4) is 0 Å². The molecule has 0 aliphatic carbocycles. The van der Waals surface area contributed by atoms with Crippen LogP contribution in [-0.2, 0) is 6.54 Å². The molecule has 114 valence electrons. The van der Waals surface area contributed by atoms with E-state index in [-0.39, 0.29) is 6.61 Å². The van der Waals surface area contributed by atoms with Gasteiger partial charge in [0.25, 0.3) is 0 Å². The van der Waals surface area contributed by atoms with Crippen LogP contribution < -0.4 is 10.1 Å². The smallest absolute Gasteiger partial charge is 0.145 e. The molecule has 1 unspecified atom stereocenters. The molecule has 2 rings (SSSR count). The number of hydrogen-bond donors (Lipinski definition) is 2. The number of methoxy groups -OCH3 is 1. The van der Waals surface area contributed by atoms with E-state index in [0.717, 1.165) is 48.3 Å². The first-order valence-electron chi connectivity index (χ1n) is 7.49. The van der Waals surface area contributed by atoms with Gasteiger partial charge >= 0.3 is 0 Å². The SMILES string of the molecule is COc1cccc2ccc(CNCCCC(C)CO)nc12. The van der Waals surface area contributed by atoms with E-state index in [1.165, 1.54) is 0 Å². The summed E-state index contributed by atoms with van der Waals surface area (Å²) in [6.45, 7) is 4.03. The number of rotatable bonds is 8. The number of aliphatic hydroxyl groups is 1. The molecular formula is C17H24N2O2. The minimum absolute atomic E-state index is 0.270. The third-order valence-electron chi connectivity index (χ3n) is 3.63. The Morgan fingerprint density at radius 1 is 1.29 bits per heavy atom. The summed E-state index contributed by atoms with van der Waals surface area (Å²) < 4.78 is 5.36. The van der Waals surface area contributed by atoms with Crippen LogP contribution in [0.25, 0.3) is 10.9 Å². The Morgan fingerprint density at radius 2 is 2.14 bits per heavy atom. The molecule has 2 N–H and O–H groups in total. The van der Waals surface area contributed by atoms with Crippen LogP contribution in [-0.4, -0.2) is 30.4 Å². The van der Waals surface area contributed by atoms with Gasteiger partial charge in [-0.05, 0) is 37.4 Å². The lowest BCUT2D eigenvalue weighted by molar-refractivity contribution is 0.228. The Bertz CT molecular complexity index is 572. The van der Waals surface area contributed by atoms with Crippen molar-refractivity contribution in [3.63, 3.8) is 0 Å². The molecule has 1 atom stereocenters. The molecule has 0 amide bonds. The minimum atomic E-state index is 0.270. The van der Waals surface area contributed by atoms with Crippen LogP contribution in [0.1, 0.15) is 25.5 Å². The summed E-state index contributed by atoms with van der Waals surface area (Å²) in [4.78, 5) is 4.67. The topological polar surface area (TPSA) is 54.4 Å². The van der Waals surface area contributed by atoms with E-state index in [2.05, 4.69) is 23.3 Å². The van der Waals surface area contributed by atoms with Crippen molar-refractivity contribution in [3.8, 4) is 5.75 Å². The largest absolute Gasteiger partial charge is 0.494 e. The van der Waals surface area contributed by atoms with Gasteiger partial charge in [0.1, 0.15) is 11.3 Å². The second-order valence-electron chi connectivity index (χ2n) is 5.44. The summed E-state index contributed by atoms with van der Waals surface area (Å²) in [5.41, 5.74) is 1.93. The average Bonchev–Trinajstić information content (AvgIpc) is 2.53. The molecule has 0 radical (unpaired) electrons. The van der Waals surface area contributed by atoms with E-state index < -0.39 is 0 Å². The van der Waals surface area contributed by atoms with Gasteiger partial charge in [0.05, 0.1) is 12.8 Å². The van der Waals surface area contributed by atoms with Crippen LogP contribution in [0.5, 0.6) is 5.75 Å². The number of aliphatic hydroxyl groups excluding tert-OH is 1. The number of fused-ring (bicyclic) bond motifs is 1. The fourth-order valence-electron chi connectivity index (χ4n) is 2.31. The highest BCUT2D eigenvalue weighted by Crippen LogP contribution is 2.23. The number of para-hydroxylation sites is 1. The highest BCUT2D eigenvalue weighted by Gasteiger charge is 2.04. The molecule has 1 aromatic carbocycles. The summed E-state index contributed by atoms with van der Waals surface area (Å²) in [5, 5.41) is 13.5. The number of pyridine rings is 1. The van der Waals surface area contributed by atoms with E-state index in [0.29, 0.717) is 5.92 Å². The summed E-state index contributed by atoms with van der Waals surface area (Å²) in [5.74, 6) is 1.20. The van der Waals surface area contributed by atoms with E-state index in [1.54, 1.807) is 7.11 Å². The number of hydrogen-bond acceptors (Lipinski definition) is 4. The summed E-state index contributed by atoms with van der Waals surface area (Å²) in [7, 11) is 1.67. The van der Waals surface area contributed by atoms with Crippen LogP contribution in [0.15, 0.2) is 30.3 Å². The van der Waals surface area contributed by atoms with Crippen LogP contribution in [0.4, 0.5) is 0 Å². The maximum absolute atomic E-state index is 8.98. The Hall–Kier alpha value is -1.65. The summed E-state index contributed by atoms with van der Waals surface area (Å²) in [6.07, 6.45) is 2.11. The highest BCUT2D eigenvalue weighted by molar-refractivity contribution is 5.84. The molecule has 2 aromatic rings. The Balaban J connectivity index is 1.91. The molecule has 0 fully saturated rings. The van der Waals surface area contributed by atoms with Crippen molar-refractivity contribution in [1.82, 2.24) is 10.3 Å². The van der Waals surface area contributed by atoms with Gasteiger partial charge in [0.2, 0.25) is 0 Å². The molecule has 21 heavy (non-hydrogen) atoms. The van der Waals surface area contributed by atoms with Gasteiger partial charge in [0.15, 0.2) is 0 Å². The Morgan fingerprint density at radius 3 is 2.90 bits per heavy atom. The molecular weight excluding hydrogens is 264 g/mol. The predicted octanol–water partition coefficient (Wildman–Crippen LogP) is 2.74. The standard InChI is InChI=1S/C17H24N2O2/c1-13(12-20)5-4-10-18-11-15-9-8-14-6-3-7-16(21-2)17(14)19-15/h3,6-9,13,18,20H,4-5,10-12H2,1-2H3. The second-order valence-corrected chi connectivity index (χ2v) is 5.44. The zero-order valence-corrected chi connectivity index (χ0v) is 12.8. The lowest BCUT2D eigenvalue weighted by atomic mass is 10.1. The first-order chi connectivity index (χ1) is 10.2. The summed E-state index contributed by atoms with van der Waals surface area (Å²) >= 11 is 0. The van der Waals surface area contributed by atoms with Crippen LogP contribution >= 0.6 is 0 Å². The molecule has 0 bridgehead atoms. The number of benzene rings is 1. The van der Waals surface area contributed by atoms with E-state index in [4.69, 9.17) is 9.84 Å². The van der Waals surface area contributed by atoms with Gasteiger partial charge in [-0.1, -0.05) is 25.1 Å². The van der Waals surface area contributed by atoms with Crippen LogP contribution in [0, 0.1) is 5.92 Å². The molecule has 1 aromatic heterocycles. The van der Waals surface area contributed by atoms with Gasteiger partial charge in [-0.15, -0.1) is 0 Å². The van der Waals surface area contributed by atoms with Crippen molar-refractivity contribution in [2.24, 2.45) is 5.92 Å². The molecule has 0 saturated carbocycles. The van der Waals surface area contributed by atoms with Crippen molar-refractivity contribution in [2.45, 2.75) is 26.3 Å². The van der Waals surface area contributed by atoms with E-state index in [9.17, 15) is 0 Å². The zero-order chi connectivity index (χ0) is 15.1. The lowest BCUT2D eigenvalue weighted by Crippen LogP contribution is -2.16. The number of nitrogens with zero attached hydrogens (tertiary/aromatic N) is 1. The third kappa shape index (κ3) is 4.41. The quantitative estimate of drug-likeness (QED) is 0.733. The highest BCUT2D eigenvalue weighted by atomic mass is 16.5. The Kier molecular flexibility index (Phi) is 5.96. The molecule has 0 spiro atoms. The Labute approximate surface area is 126 Å². The number of nitrogens with one attached hydrogen (secondary N) is 1. The molecule has 1 heterocycles. The minimum Gasteiger partial charge on any atom is -0.494 e. The van der Waals surface area contributed by atoms with Gasteiger partial charge < -0.3 is 15.2 Å². The fraction of sp³-hybridized carbons (Fsp3) is 0.471. The zero-order valence-electron chi connectivity index (χ0n) is 12.8. The number of aromatic nitrogens is 1.